The standard InChI is InChI=1S/C24H18N4O2/c1-14-15(2)28-23(27-22(14)16-7-9-17(10-8-16)24(29)30)20(13-26-28)19-11-18-5-3-4-6-21(18)25-12-19/h3-13H,1-2H3,(H,29,30). The van der Waals surface area contributed by atoms with Crippen LogP contribution in [0.3, 0.4) is 0 Å². The van der Waals surface area contributed by atoms with Crippen LogP contribution >= 0.6 is 0 Å². The van der Waals surface area contributed by atoms with Gasteiger partial charge in [0.05, 0.1) is 23.0 Å². The van der Waals surface area contributed by atoms with E-state index in [9.17, 15) is 4.79 Å². The van der Waals surface area contributed by atoms with Gasteiger partial charge in [0, 0.05) is 34.0 Å². The molecule has 5 rings (SSSR count). The number of fused-ring (bicyclic) bond motifs is 2. The van der Waals surface area contributed by atoms with Gasteiger partial charge in [-0.1, -0.05) is 30.3 Å². The summed E-state index contributed by atoms with van der Waals surface area (Å²) in [5.41, 5.74) is 7.45. The zero-order chi connectivity index (χ0) is 20.8. The quantitative estimate of drug-likeness (QED) is 0.469. The second kappa shape index (κ2) is 6.77. The van der Waals surface area contributed by atoms with E-state index in [4.69, 9.17) is 10.1 Å². The molecule has 1 N–H and O–H groups in total. The normalized spacial score (nSPS) is 11.3. The molecule has 5 aromatic rings. The second-order valence-electron chi connectivity index (χ2n) is 7.26. The lowest BCUT2D eigenvalue weighted by atomic mass is 10.0. The summed E-state index contributed by atoms with van der Waals surface area (Å²) in [4.78, 5) is 20.7. The van der Waals surface area contributed by atoms with Crippen LogP contribution in [0, 0.1) is 13.8 Å². The first-order valence-corrected chi connectivity index (χ1v) is 9.57. The maximum atomic E-state index is 11.2. The van der Waals surface area contributed by atoms with Gasteiger partial charge in [0.15, 0.2) is 5.65 Å². The smallest absolute Gasteiger partial charge is 0.335 e. The monoisotopic (exact) mass is 394 g/mol. The number of pyridine rings is 1. The van der Waals surface area contributed by atoms with Gasteiger partial charge in [-0.25, -0.2) is 14.3 Å². The molecule has 0 saturated heterocycles. The molecule has 146 valence electrons. The molecule has 0 aliphatic rings. The Labute approximate surface area is 172 Å². The number of hydrogen-bond donors (Lipinski definition) is 1. The third kappa shape index (κ3) is 2.81. The van der Waals surface area contributed by atoms with E-state index in [0.29, 0.717) is 0 Å². The van der Waals surface area contributed by atoms with Crippen molar-refractivity contribution < 1.29 is 9.90 Å². The molecule has 0 aliphatic carbocycles. The molecule has 0 fully saturated rings. The summed E-state index contributed by atoms with van der Waals surface area (Å²) in [6.45, 7) is 4.01. The number of aromatic nitrogens is 4. The van der Waals surface area contributed by atoms with Gasteiger partial charge in [0.2, 0.25) is 0 Å². The first-order chi connectivity index (χ1) is 14.5. The van der Waals surface area contributed by atoms with Gasteiger partial charge in [-0.3, -0.25) is 4.98 Å². The van der Waals surface area contributed by atoms with Crippen LogP contribution in [0.15, 0.2) is 67.0 Å². The van der Waals surface area contributed by atoms with Crippen LogP contribution in [0.25, 0.3) is 38.9 Å². The lowest BCUT2D eigenvalue weighted by Gasteiger charge is -2.11. The van der Waals surface area contributed by atoms with Gasteiger partial charge in [-0.2, -0.15) is 5.10 Å². The van der Waals surface area contributed by atoms with Crippen LogP contribution in [-0.2, 0) is 0 Å². The van der Waals surface area contributed by atoms with Crippen LogP contribution in [0.5, 0.6) is 0 Å². The Balaban J connectivity index is 1.70. The Morgan fingerprint density at radius 2 is 1.73 bits per heavy atom. The van der Waals surface area contributed by atoms with Gasteiger partial charge < -0.3 is 5.11 Å². The van der Waals surface area contributed by atoms with E-state index in [0.717, 1.165) is 50.2 Å². The van der Waals surface area contributed by atoms with Gasteiger partial charge >= 0.3 is 5.97 Å². The van der Waals surface area contributed by atoms with Crippen molar-refractivity contribution in [1.82, 2.24) is 19.6 Å². The summed E-state index contributed by atoms with van der Waals surface area (Å²) < 4.78 is 1.84. The highest BCUT2D eigenvalue weighted by Crippen LogP contribution is 2.30. The summed E-state index contributed by atoms with van der Waals surface area (Å²) in [5.74, 6) is -0.945. The number of para-hydroxylation sites is 1. The van der Waals surface area contributed by atoms with Crippen molar-refractivity contribution in [3.05, 3.63) is 83.8 Å². The summed E-state index contributed by atoms with van der Waals surface area (Å²) >= 11 is 0. The third-order valence-electron chi connectivity index (χ3n) is 5.48. The number of aryl methyl sites for hydroxylation is 1. The Morgan fingerprint density at radius 3 is 2.50 bits per heavy atom. The Kier molecular flexibility index (Phi) is 4.06. The molecule has 0 spiro atoms. The minimum absolute atomic E-state index is 0.251. The summed E-state index contributed by atoms with van der Waals surface area (Å²) in [6, 6.07) is 16.9. The SMILES string of the molecule is Cc1c(-c2ccc(C(=O)O)cc2)nc2c(-c3cnc4ccccc4c3)cnn2c1C. The minimum atomic E-state index is -0.945. The molecule has 3 aromatic heterocycles. The van der Waals surface area contributed by atoms with Crippen molar-refractivity contribution in [3.63, 3.8) is 0 Å². The number of nitrogens with zero attached hydrogens (tertiary/aromatic N) is 4. The molecule has 0 aliphatic heterocycles. The topological polar surface area (TPSA) is 80.4 Å². The Morgan fingerprint density at radius 1 is 0.967 bits per heavy atom. The van der Waals surface area contributed by atoms with Crippen LogP contribution in [0.2, 0.25) is 0 Å². The highest BCUT2D eigenvalue weighted by atomic mass is 16.4. The number of carbonyl (C=O) groups is 1. The second-order valence-corrected chi connectivity index (χ2v) is 7.26. The molecule has 0 radical (unpaired) electrons. The van der Waals surface area contributed by atoms with Gasteiger partial charge in [-0.05, 0) is 43.7 Å². The molecular formula is C24H18N4O2. The van der Waals surface area contributed by atoms with Gasteiger partial charge in [0.25, 0.3) is 0 Å². The van der Waals surface area contributed by atoms with Crippen LogP contribution in [0.1, 0.15) is 21.6 Å². The van der Waals surface area contributed by atoms with Crippen molar-refractivity contribution in [2.45, 2.75) is 13.8 Å². The van der Waals surface area contributed by atoms with Crippen LogP contribution in [-0.4, -0.2) is 30.7 Å². The summed E-state index contributed by atoms with van der Waals surface area (Å²) in [7, 11) is 0. The molecule has 6 nitrogen and oxygen atoms in total. The molecule has 6 heteroatoms. The molecule has 0 bridgehead atoms. The number of hydrogen-bond acceptors (Lipinski definition) is 4. The van der Waals surface area contributed by atoms with Crippen molar-refractivity contribution in [2.24, 2.45) is 0 Å². The number of benzene rings is 2. The first-order valence-electron chi connectivity index (χ1n) is 9.57. The zero-order valence-corrected chi connectivity index (χ0v) is 16.5. The first kappa shape index (κ1) is 18.0. The van der Waals surface area contributed by atoms with E-state index in [1.165, 1.54) is 0 Å². The van der Waals surface area contributed by atoms with Crippen molar-refractivity contribution in [2.75, 3.05) is 0 Å². The lowest BCUT2D eigenvalue weighted by Crippen LogP contribution is -2.03. The van der Waals surface area contributed by atoms with Crippen molar-refractivity contribution in [3.8, 4) is 22.4 Å². The highest BCUT2D eigenvalue weighted by molar-refractivity contribution is 5.89. The van der Waals surface area contributed by atoms with Crippen LogP contribution in [0.4, 0.5) is 0 Å². The number of aromatic carboxylic acids is 1. The predicted molar refractivity (Wildman–Crippen MR) is 116 cm³/mol. The van der Waals surface area contributed by atoms with Gasteiger partial charge in [0.1, 0.15) is 0 Å². The Hall–Kier alpha value is -4.06. The number of carboxylic acids is 1. The average molecular weight is 394 g/mol. The maximum absolute atomic E-state index is 11.2. The molecule has 0 unspecified atom stereocenters. The molecular weight excluding hydrogens is 376 g/mol. The fourth-order valence-electron chi connectivity index (χ4n) is 3.69. The molecule has 3 heterocycles. The number of carboxylic acid groups (broad SMARTS) is 1. The minimum Gasteiger partial charge on any atom is -0.478 e. The summed E-state index contributed by atoms with van der Waals surface area (Å²) in [6.07, 6.45) is 3.66. The van der Waals surface area contributed by atoms with E-state index in [1.807, 2.05) is 55.0 Å². The van der Waals surface area contributed by atoms with E-state index in [1.54, 1.807) is 24.3 Å². The average Bonchev–Trinajstić information content (AvgIpc) is 3.20. The van der Waals surface area contributed by atoms with Crippen LogP contribution < -0.4 is 0 Å². The summed E-state index contributed by atoms with van der Waals surface area (Å²) in [5, 5.41) is 14.8. The zero-order valence-electron chi connectivity index (χ0n) is 16.5. The maximum Gasteiger partial charge on any atom is 0.335 e. The Bertz CT molecular complexity index is 1440. The lowest BCUT2D eigenvalue weighted by molar-refractivity contribution is 0.0697. The molecule has 30 heavy (non-hydrogen) atoms. The highest BCUT2D eigenvalue weighted by Gasteiger charge is 2.16. The van der Waals surface area contributed by atoms with E-state index in [-0.39, 0.29) is 5.56 Å². The molecule has 0 amide bonds. The third-order valence-corrected chi connectivity index (χ3v) is 5.48. The fraction of sp³-hybridized carbons (Fsp3) is 0.0833. The largest absolute Gasteiger partial charge is 0.478 e. The van der Waals surface area contributed by atoms with Crippen molar-refractivity contribution in [1.29, 1.82) is 0 Å². The van der Waals surface area contributed by atoms with E-state index in [2.05, 4.69) is 16.1 Å². The molecule has 0 atom stereocenters. The van der Waals surface area contributed by atoms with Crippen molar-refractivity contribution >= 4 is 22.5 Å². The fourth-order valence-corrected chi connectivity index (χ4v) is 3.69. The van der Waals surface area contributed by atoms with E-state index >= 15 is 0 Å². The number of rotatable bonds is 3. The van der Waals surface area contributed by atoms with Gasteiger partial charge in [-0.15, -0.1) is 0 Å². The molecule has 2 aromatic carbocycles. The molecule has 0 saturated carbocycles. The predicted octanol–water partition coefficient (Wildman–Crippen LogP) is 4.93. The van der Waals surface area contributed by atoms with E-state index < -0.39 is 5.97 Å².